The highest BCUT2D eigenvalue weighted by atomic mass is 35.5. The Labute approximate surface area is 178 Å². The van der Waals surface area contributed by atoms with E-state index >= 15 is 0 Å². The first-order valence-electron chi connectivity index (χ1n) is 9.26. The Morgan fingerprint density at radius 1 is 1.03 bits per heavy atom. The first-order valence-corrected chi connectivity index (χ1v) is 9.63. The van der Waals surface area contributed by atoms with Crippen LogP contribution in [0.4, 0.5) is 5.88 Å². The molecule has 0 aliphatic carbocycles. The van der Waals surface area contributed by atoms with E-state index in [2.05, 4.69) is 11.1 Å². The van der Waals surface area contributed by atoms with Crippen LogP contribution in [-0.4, -0.2) is 12.0 Å². The maximum Gasteiger partial charge on any atom is 0.266 e. The number of furan rings is 1. The molecule has 4 aromatic rings. The normalized spacial score (nSPS) is 10.6. The predicted octanol–water partition coefficient (Wildman–Crippen LogP) is 5.68. The predicted molar refractivity (Wildman–Crippen MR) is 113 cm³/mol. The molecule has 0 bridgehead atoms. The SMILES string of the molecule is CN(Cc1ccccc1)c1oc(-c2ccc(COc3ccc(Cl)cc3)o2)nc1C#N. The minimum atomic E-state index is 0.207. The van der Waals surface area contributed by atoms with Crippen molar-refractivity contribution in [3.05, 3.63) is 88.8 Å². The Bertz CT molecular complexity index is 1160. The monoisotopic (exact) mass is 419 g/mol. The van der Waals surface area contributed by atoms with Gasteiger partial charge in [0, 0.05) is 18.6 Å². The second kappa shape index (κ2) is 8.76. The van der Waals surface area contributed by atoms with Crippen LogP contribution < -0.4 is 9.64 Å². The zero-order valence-electron chi connectivity index (χ0n) is 16.2. The molecule has 2 heterocycles. The summed E-state index contributed by atoms with van der Waals surface area (Å²) in [4.78, 5) is 6.13. The molecule has 0 fully saturated rings. The number of hydrogen-bond donors (Lipinski definition) is 0. The van der Waals surface area contributed by atoms with Crippen LogP contribution in [-0.2, 0) is 13.2 Å². The van der Waals surface area contributed by atoms with Crippen molar-refractivity contribution in [3.63, 3.8) is 0 Å². The topological polar surface area (TPSA) is 75.4 Å². The van der Waals surface area contributed by atoms with Gasteiger partial charge in [-0.05, 0) is 42.0 Å². The van der Waals surface area contributed by atoms with Gasteiger partial charge < -0.3 is 18.5 Å². The fourth-order valence-corrected chi connectivity index (χ4v) is 3.06. The number of hydrogen-bond acceptors (Lipinski definition) is 6. The van der Waals surface area contributed by atoms with Gasteiger partial charge in [-0.1, -0.05) is 41.9 Å². The summed E-state index contributed by atoms with van der Waals surface area (Å²) >= 11 is 5.88. The van der Waals surface area contributed by atoms with Gasteiger partial charge in [-0.15, -0.1) is 0 Å². The van der Waals surface area contributed by atoms with Gasteiger partial charge in [0.25, 0.3) is 5.89 Å². The molecular formula is C23H18ClN3O3. The average molecular weight is 420 g/mol. The lowest BCUT2D eigenvalue weighted by Gasteiger charge is -2.15. The van der Waals surface area contributed by atoms with Crippen molar-refractivity contribution in [1.82, 2.24) is 4.98 Å². The number of nitriles is 1. The molecule has 150 valence electrons. The van der Waals surface area contributed by atoms with Crippen LogP contribution >= 0.6 is 11.6 Å². The molecule has 2 aromatic heterocycles. The van der Waals surface area contributed by atoms with Crippen molar-refractivity contribution in [3.8, 4) is 23.5 Å². The molecule has 0 radical (unpaired) electrons. The van der Waals surface area contributed by atoms with Gasteiger partial charge in [-0.25, -0.2) is 0 Å². The van der Waals surface area contributed by atoms with Crippen LogP contribution in [0.2, 0.25) is 5.02 Å². The molecule has 2 aromatic carbocycles. The maximum atomic E-state index is 9.47. The second-order valence-corrected chi connectivity index (χ2v) is 7.07. The van der Waals surface area contributed by atoms with Crippen LogP contribution in [0.15, 0.2) is 75.6 Å². The minimum Gasteiger partial charge on any atom is -0.486 e. The first kappa shape index (κ1) is 19.6. The summed E-state index contributed by atoms with van der Waals surface area (Å²) < 4.78 is 17.3. The number of ether oxygens (including phenoxy) is 1. The second-order valence-electron chi connectivity index (χ2n) is 6.63. The van der Waals surface area contributed by atoms with E-state index in [4.69, 9.17) is 25.2 Å². The van der Waals surface area contributed by atoms with E-state index in [1.807, 2.05) is 42.3 Å². The van der Waals surface area contributed by atoms with Gasteiger partial charge in [-0.2, -0.15) is 10.2 Å². The molecule has 0 unspecified atom stereocenters. The lowest BCUT2D eigenvalue weighted by Crippen LogP contribution is -2.16. The van der Waals surface area contributed by atoms with Crippen molar-refractivity contribution >= 4 is 17.5 Å². The molecule has 0 saturated heterocycles. The van der Waals surface area contributed by atoms with Gasteiger partial charge in [0.2, 0.25) is 11.6 Å². The third-order valence-corrected chi connectivity index (χ3v) is 4.64. The maximum absolute atomic E-state index is 9.47. The van der Waals surface area contributed by atoms with Gasteiger partial charge in [0.05, 0.1) is 0 Å². The molecule has 0 amide bonds. The third kappa shape index (κ3) is 4.48. The van der Waals surface area contributed by atoms with Crippen LogP contribution in [0.25, 0.3) is 11.7 Å². The number of anilines is 1. The molecular weight excluding hydrogens is 402 g/mol. The highest BCUT2D eigenvalue weighted by molar-refractivity contribution is 6.30. The van der Waals surface area contributed by atoms with E-state index < -0.39 is 0 Å². The summed E-state index contributed by atoms with van der Waals surface area (Å²) in [5, 5.41) is 10.1. The molecule has 0 atom stereocenters. The third-order valence-electron chi connectivity index (χ3n) is 4.39. The van der Waals surface area contributed by atoms with E-state index in [-0.39, 0.29) is 18.2 Å². The summed E-state index contributed by atoms with van der Waals surface area (Å²) in [5.74, 6) is 2.37. The number of rotatable bonds is 7. The first-order chi connectivity index (χ1) is 14.6. The van der Waals surface area contributed by atoms with Crippen molar-refractivity contribution in [2.75, 3.05) is 11.9 Å². The highest BCUT2D eigenvalue weighted by Gasteiger charge is 2.20. The Kier molecular flexibility index (Phi) is 5.73. The molecule has 0 aliphatic heterocycles. The Balaban J connectivity index is 1.48. The fourth-order valence-electron chi connectivity index (χ4n) is 2.93. The highest BCUT2D eigenvalue weighted by Crippen LogP contribution is 2.30. The summed E-state index contributed by atoms with van der Waals surface area (Å²) in [6, 6.07) is 22.6. The number of aromatic nitrogens is 1. The Hall–Kier alpha value is -3.69. The molecule has 0 spiro atoms. The van der Waals surface area contributed by atoms with E-state index in [9.17, 15) is 5.26 Å². The number of halogens is 1. The lowest BCUT2D eigenvalue weighted by molar-refractivity contribution is 0.271. The number of nitrogens with zero attached hydrogens (tertiary/aromatic N) is 3. The zero-order valence-corrected chi connectivity index (χ0v) is 17.0. The summed E-state index contributed by atoms with van der Waals surface area (Å²) in [6.07, 6.45) is 0. The standard InChI is InChI=1S/C23H18ClN3O3/c1-27(14-16-5-3-2-4-6-16)23-20(13-25)26-22(30-23)21-12-11-19(29-21)15-28-18-9-7-17(24)8-10-18/h2-12H,14-15H2,1H3. The molecule has 0 aliphatic rings. The van der Waals surface area contributed by atoms with Crippen molar-refractivity contribution < 1.29 is 13.6 Å². The van der Waals surface area contributed by atoms with Crippen LogP contribution in [0.3, 0.4) is 0 Å². The number of oxazole rings is 1. The van der Waals surface area contributed by atoms with Gasteiger partial charge >= 0.3 is 0 Å². The average Bonchev–Trinajstić information content (AvgIpc) is 3.41. The van der Waals surface area contributed by atoms with Crippen molar-refractivity contribution in [2.45, 2.75) is 13.2 Å². The van der Waals surface area contributed by atoms with Gasteiger partial charge in [0.15, 0.2) is 5.76 Å². The lowest BCUT2D eigenvalue weighted by atomic mass is 10.2. The van der Waals surface area contributed by atoms with E-state index in [0.29, 0.717) is 34.7 Å². The Morgan fingerprint density at radius 3 is 2.53 bits per heavy atom. The number of benzene rings is 2. The van der Waals surface area contributed by atoms with Crippen LogP contribution in [0, 0.1) is 11.3 Å². The minimum absolute atomic E-state index is 0.207. The van der Waals surface area contributed by atoms with E-state index in [0.717, 1.165) is 5.56 Å². The quantitative estimate of drug-likeness (QED) is 0.384. The van der Waals surface area contributed by atoms with Crippen molar-refractivity contribution in [1.29, 1.82) is 5.26 Å². The molecule has 0 saturated carbocycles. The fraction of sp³-hybridized carbons (Fsp3) is 0.130. The van der Waals surface area contributed by atoms with Gasteiger partial charge in [0.1, 0.15) is 24.2 Å². The smallest absolute Gasteiger partial charge is 0.266 e. The van der Waals surface area contributed by atoms with Gasteiger partial charge in [-0.3, -0.25) is 0 Å². The van der Waals surface area contributed by atoms with Crippen molar-refractivity contribution in [2.24, 2.45) is 0 Å². The molecule has 6 nitrogen and oxygen atoms in total. The summed E-state index contributed by atoms with van der Waals surface area (Å²) in [7, 11) is 1.85. The van der Waals surface area contributed by atoms with E-state index in [1.165, 1.54) is 0 Å². The largest absolute Gasteiger partial charge is 0.486 e. The Morgan fingerprint density at radius 2 is 1.80 bits per heavy atom. The zero-order chi connectivity index (χ0) is 20.9. The molecule has 7 heteroatoms. The van der Waals surface area contributed by atoms with Crippen LogP contribution in [0.1, 0.15) is 17.0 Å². The molecule has 30 heavy (non-hydrogen) atoms. The summed E-state index contributed by atoms with van der Waals surface area (Å²) in [5.41, 5.74) is 1.31. The van der Waals surface area contributed by atoms with Crippen LogP contribution in [0.5, 0.6) is 5.75 Å². The van der Waals surface area contributed by atoms with E-state index in [1.54, 1.807) is 36.4 Å². The summed E-state index contributed by atoms with van der Waals surface area (Å²) in [6.45, 7) is 0.830. The molecule has 4 rings (SSSR count). The molecule has 0 N–H and O–H groups in total.